The Morgan fingerprint density at radius 3 is 1.00 bits per heavy atom. The van der Waals surface area contributed by atoms with E-state index in [0.29, 0.717) is 0 Å². The van der Waals surface area contributed by atoms with Crippen LogP contribution in [0.4, 0.5) is 0 Å². The molecule has 2 N–H and O–H groups in total. The van der Waals surface area contributed by atoms with Crippen LogP contribution in [0.5, 0.6) is 0 Å². The Balaban J connectivity index is 0. The SMILES string of the molecule is O.[Nb].[Ti].[Zr]. The average molecular weight is 250 g/mol. The van der Waals surface area contributed by atoms with Crippen LogP contribution in [0.25, 0.3) is 0 Å². The molecular formula is H2NbOTiZr. The molecule has 0 rings (SSSR count). The smallest absolute Gasteiger partial charge is 0 e. The van der Waals surface area contributed by atoms with Gasteiger partial charge in [0.15, 0.2) is 0 Å². The first kappa shape index (κ1) is 33.5. The molecule has 0 heterocycles. The molecule has 0 spiro atoms. The van der Waals surface area contributed by atoms with Crippen molar-refractivity contribution in [2.45, 2.75) is 0 Å². The van der Waals surface area contributed by atoms with Crippen molar-refractivity contribution in [2.75, 3.05) is 0 Å². The maximum Gasteiger partial charge on any atom is 0 e. The Morgan fingerprint density at radius 1 is 1.00 bits per heavy atom. The van der Waals surface area contributed by atoms with Gasteiger partial charge in [0.2, 0.25) is 0 Å². The van der Waals surface area contributed by atoms with Gasteiger partial charge in [-0.15, -0.1) is 0 Å². The minimum atomic E-state index is 0. The molecule has 0 bridgehead atoms. The van der Waals surface area contributed by atoms with Gasteiger partial charge < -0.3 is 5.48 Å². The molecule has 0 atom stereocenters. The standard InChI is InChI=1S/Nb.H2O.Ti.Zr/h;1H2;;. The summed E-state index contributed by atoms with van der Waals surface area (Å²) in [5.41, 5.74) is 0. The maximum atomic E-state index is 0. The molecule has 0 aromatic rings. The van der Waals surface area contributed by atoms with E-state index in [1.54, 1.807) is 0 Å². The Morgan fingerprint density at radius 2 is 1.00 bits per heavy atom. The molecule has 0 fully saturated rings. The second-order valence-electron chi connectivity index (χ2n) is 0. The van der Waals surface area contributed by atoms with Crippen LogP contribution >= 0.6 is 0 Å². The molecule has 1 nitrogen and oxygen atoms in total. The molecule has 21 valence electrons. The summed E-state index contributed by atoms with van der Waals surface area (Å²) in [5, 5.41) is 0. The molecule has 0 aromatic heterocycles. The van der Waals surface area contributed by atoms with Crippen LogP contribution in [0, 0.1) is 0 Å². The first-order valence-corrected chi connectivity index (χ1v) is 0. The van der Waals surface area contributed by atoms with Gasteiger partial charge in [0.1, 0.15) is 0 Å². The summed E-state index contributed by atoms with van der Waals surface area (Å²) in [4.78, 5) is 0. The van der Waals surface area contributed by atoms with Gasteiger partial charge in [0.05, 0.1) is 0 Å². The fourth-order valence-electron chi connectivity index (χ4n) is 0. The van der Waals surface area contributed by atoms with Crippen molar-refractivity contribution in [1.82, 2.24) is 0 Å². The van der Waals surface area contributed by atoms with Gasteiger partial charge in [-0.2, -0.15) is 0 Å². The zero-order valence-electron chi connectivity index (χ0n) is 1.95. The van der Waals surface area contributed by atoms with Gasteiger partial charge in [-0.05, 0) is 0 Å². The van der Waals surface area contributed by atoms with Crippen LogP contribution in [0.1, 0.15) is 0 Å². The van der Waals surface area contributed by atoms with Gasteiger partial charge in [-0.1, -0.05) is 0 Å². The van der Waals surface area contributed by atoms with Crippen molar-refractivity contribution >= 4 is 0 Å². The summed E-state index contributed by atoms with van der Waals surface area (Å²) in [6, 6.07) is 0. The van der Waals surface area contributed by atoms with Crippen molar-refractivity contribution in [1.29, 1.82) is 0 Å². The predicted octanol–water partition coefficient (Wildman–Crippen LogP) is -0.832. The average Bonchev–Trinajstić information content (AvgIpc) is 0. The molecule has 0 amide bonds. The zero-order chi connectivity index (χ0) is 0. The minimum absolute atomic E-state index is 0. The molecule has 0 aliphatic heterocycles. The monoisotopic (exact) mass is 249 g/mol. The summed E-state index contributed by atoms with van der Waals surface area (Å²) >= 11 is 0. The van der Waals surface area contributed by atoms with Gasteiger partial charge in [-0.3, -0.25) is 0 Å². The molecule has 4 heavy (non-hydrogen) atoms. The molecule has 1 radical (unpaired) electrons. The molecule has 0 saturated carbocycles. The summed E-state index contributed by atoms with van der Waals surface area (Å²) in [7, 11) is 0. The van der Waals surface area contributed by atoms with Crippen LogP contribution in [-0.2, 0) is 70.3 Å². The molecule has 0 aliphatic rings. The molecule has 0 aliphatic carbocycles. The normalized spacial score (nSPS) is 0. The first-order chi connectivity index (χ1) is 0. The summed E-state index contributed by atoms with van der Waals surface area (Å²) in [6.45, 7) is 0. The van der Waals surface area contributed by atoms with Crippen molar-refractivity contribution in [3.63, 3.8) is 0 Å². The third-order valence-corrected chi connectivity index (χ3v) is 0. The van der Waals surface area contributed by atoms with E-state index < -0.39 is 0 Å². The van der Waals surface area contributed by atoms with E-state index in [1.807, 2.05) is 0 Å². The van der Waals surface area contributed by atoms with E-state index in [1.165, 1.54) is 0 Å². The van der Waals surface area contributed by atoms with E-state index in [2.05, 4.69) is 0 Å². The van der Waals surface area contributed by atoms with Crippen molar-refractivity contribution in [2.24, 2.45) is 0 Å². The summed E-state index contributed by atoms with van der Waals surface area (Å²) in [6.07, 6.45) is 0. The third kappa shape index (κ3) is 8.85. The maximum absolute atomic E-state index is 0. The van der Waals surface area contributed by atoms with Gasteiger partial charge >= 0.3 is 0 Å². The van der Waals surface area contributed by atoms with Crippen LogP contribution in [-0.4, -0.2) is 5.48 Å². The molecule has 4 heteroatoms. The van der Waals surface area contributed by atoms with Crippen molar-refractivity contribution in [3.8, 4) is 0 Å². The number of hydrogen-bond donors (Lipinski definition) is 0. The van der Waals surface area contributed by atoms with Gasteiger partial charge in [0.25, 0.3) is 0 Å². The molecule has 0 aromatic carbocycles. The van der Waals surface area contributed by atoms with E-state index in [-0.39, 0.29) is 75.8 Å². The Labute approximate surface area is 74.7 Å². The third-order valence-electron chi connectivity index (χ3n) is 0. The summed E-state index contributed by atoms with van der Waals surface area (Å²) < 4.78 is 0. The quantitative estimate of drug-likeness (QED) is 0.502. The van der Waals surface area contributed by atoms with E-state index >= 15 is 0 Å². The second-order valence-corrected chi connectivity index (χ2v) is 0. The van der Waals surface area contributed by atoms with Crippen LogP contribution < -0.4 is 0 Å². The van der Waals surface area contributed by atoms with E-state index in [9.17, 15) is 0 Å². The van der Waals surface area contributed by atoms with Gasteiger partial charge in [-0.25, -0.2) is 0 Å². The Hall–Kier alpha value is 2.30. The van der Waals surface area contributed by atoms with Crippen LogP contribution in [0.15, 0.2) is 0 Å². The zero-order valence-corrected chi connectivity index (χ0v) is 8.17. The molecular weight excluding hydrogens is 248 g/mol. The fourth-order valence-corrected chi connectivity index (χ4v) is 0. The topological polar surface area (TPSA) is 31.5 Å². The molecule has 0 unspecified atom stereocenters. The van der Waals surface area contributed by atoms with Crippen LogP contribution in [0.2, 0.25) is 0 Å². The Bertz CT molecular complexity index is 8.00. The molecule has 0 saturated heterocycles. The van der Waals surface area contributed by atoms with Gasteiger partial charge in [0, 0.05) is 70.3 Å². The van der Waals surface area contributed by atoms with E-state index in [4.69, 9.17) is 0 Å². The number of hydrogen-bond acceptors (Lipinski definition) is 0. The Kier molecular flexibility index (Phi) is 155. The van der Waals surface area contributed by atoms with Crippen molar-refractivity contribution < 1.29 is 75.8 Å². The second kappa shape index (κ2) is 18.5. The number of rotatable bonds is 0. The minimum Gasteiger partial charge on any atom is -0.412 e. The van der Waals surface area contributed by atoms with E-state index in [0.717, 1.165) is 0 Å². The largest absolute Gasteiger partial charge is 0.412 e. The predicted molar refractivity (Wildman–Crippen MR) is 3.61 cm³/mol. The van der Waals surface area contributed by atoms with Crippen LogP contribution in [0.3, 0.4) is 0 Å². The fraction of sp³-hybridized carbons (Fsp3) is 0. The summed E-state index contributed by atoms with van der Waals surface area (Å²) in [5.74, 6) is 0. The first-order valence-electron chi connectivity index (χ1n) is 0. The van der Waals surface area contributed by atoms with Crippen molar-refractivity contribution in [3.05, 3.63) is 0 Å².